The number of aryl methyl sites for hydroxylation is 1. The molecule has 0 unspecified atom stereocenters. The minimum absolute atomic E-state index is 0.0542. The van der Waals surface area contributed by atoms with Gasteiger partial charge in [-0.2, -0.15) is 0 Å². The van der Waals surface area contributed by atoms with Crippen LogP contribution < -0.4 is 5.43 Å². The normalized spacial score (nSPS) is 15.6. The Morgan fingerprint density at radius 3 is 2.29 bits per heavy atom. The molecule has 1 fully saturated rings. The highest BCUT2D eigenvalue weighted by atomic mass is 35.5. The largest absolute Gasteiger partial charge is 0.440 e. The molecule has 1 saturated carbocycles. The number of thioether (sulfide) groups is 1. The van der Waals surface area contributed by atoms with Crippen molar-refractivity contribution in [2.45, 2.75) is 59.4 Å². The smallest absolute Gasteiger partial charge is 0.224 e. The van der Waals surface area contributed by atoms with Gasteiger partial charge >= 0.3 is 0 Å². The molecule has 6 heteroatoms. The Kier molecular flexibility index (Phi) is 6.25. The number of hydrogen-bond donors (Lipinski definition) is 0. The maximum absolute atomic E-state index is 12.3. The Labute approximate surface area is 160 Å². The van der Waals surface area contributed by atoms with Crippen LogP contribution in [-0.4, -0.2) is 5.25 Å². The minimum Gasteiger partial charge on any atom is -0.440 e. The van der Waals surface area contributed by atoms with Crippen molar-refractivity contribution in [3.05, 3.63) is 50.1 Å². The summed E-state index contributed by atoms with van der Waals surface area (Å²) in [4.78, 5) is 13.3. The summed E-state index contributed by atoms with van der Waals surface area (Å²) in [5.74, 6) is 0. The van der Waals surface area contributed by atoms with Crippen LogP contribution in [0.5, 0.6) is 0 Å². The van der Waals surface area contributed by atoms with E-state index >= 15 is 0 Å². The maximum Gasteiger partial charge on any atom is 0.224 e. The fourth-order valence-corrected chi connectivity index (χ4v) is 5.25. The van der Waals surface area contributed by atoms with E-state index in [1.807, 2.05) is 31.2 Å². The average molecular weight is 401 g/mol. The first-order chi connectivity index (χ1) is 11.5. The summed E-state index contributed by atoms with van der Waals surface area (Å²) in [6, 6.07) is 8.00. The van der Waals surface area contributed by atoms with Gasteiger partial charge < -0.3 is 4.42 Å². The molecule has 0 aliphatic heterocycles. The van der Waals surface area contributed by atoms with Crippen molar-refractivity contribution in [1.82, 2.24) is 0 Å². The third kappa shape index (κ3) is 4.34. The Morgan fingerprint density at radius 2 is 1.62 bits per heavy atom. The zero-order valence-electron chi connectivity index (χ0n) is 13.3. The van der Waals surface area contributed by atoms with Gasteiger partial charge in [-0.25, -0.2) is 0 Å². The van der Waals surface area contributed by atoms with E-state index in [1.54, 1.807) is 11.8 Å². The van der Waals surface area contributed by atoms with E-state index in [2.05, 4.69) is 0 Å². The van der Waals surface area contributed by atoms with Gasteiger partial charge in [-0.05, 0) is 31.9 Å². The molecule has 3 rings (SSSR count). The second kappa shape index (κ2) is 8.22. The van der Waals surface area contributed by atoms with E-state index in [0.717, 1.165) is 17.7 Å². The quantitative estimate of drug-likeness (QED) is 0.562. The lowest BCUT2D eigenvalue weighted by Gasteiger charge is -2.20. The van der Waals surface area contributed by atoms with Crippen molar-refractivity contribution >= 4 is 46.7 Å². The predicted molar refractivity (Wildman–Crippen MR) is 103 cm³/mol. The molecule has 0 saturated heterocycles. The fraction of sp³-hybridized carbons (Fsp3) is 0.389. The molecule has 0 amide bonds. The van der Waals surface area contributed by atoms with Crippen LogP contribution in [0.2, 0.25) is 10.0 Å². The summed E-state index contributed by atoms with van der Waals surface area (Å²) >= 11 is 15.3. The van der Waals surface area contributed by atoms with Gasteiger partial charge in [0, 0.05) is 10.1 Å². The van der Waals surface area contributed by atoms with Gasteiger partial charge in [-0.1, -0.05) is 83.7 Å². The van der Waals surface area contributed by atoms with E-state index in [0.29, 0.717) is 15.4 Å². The average Bonchev–Trinajstić information content (AvgIpc) is 2.60. The van der Waals surface area contributed by atoms with Crippen LogP contribution in [0, 0.1) is 6.92 Å². The molecule has 1 aromatic carbocycles. The van der Waals surface area contributed by atoms with Crippen LogP contribution in [0.4, 0.5) is 0 Å². The van der Waals surface area contributed by atoms with Crippen molar-refractivity contribution in [2.75, 3.05) is 0 Å². The first kappa shape index (κ1) is 18.2. The molecule has 0 bridgehead atoms. The Morgan fingerprint density at radius 1 is 1.00 bits per heavy atom. The Balaban J connectivity index is 1.88. The Hall–Kier alpha value is -0.550. The number of hydrogen-bond acceptors (Lipinski definition) is 4. The summed E-state index contributed by atoms with van der Waals surface area (Å²) in [5.41, 5.74) is 0.828. The molecule has 1 heterocycles. The number of halogens is 2. The lowest BCUT2D eigenvalue weighted by atomic mass is 10.0. The minimum atomic E-state index is -0.350. The molecule has 0 atom stereocenters. The van der Waals surface area contributed by atoms with Gasteiger partial charge in [0.15, 0.2) is 10.2 Å². The predicted octanol–water partition coefficient (Wildman–Crippen LogP) is 6.83. The van der Waals surface area contributed by atoms with Crippen molar-refractivity contribution in [2.24, 2.45) is 0 Å². The summed E-state index contributed by atoms with van der Waals surface area (Å²) in [5, 5.41) is 1.51. The molecular weight excluding hydrogens is 383 g/mol. The van der Waals surface area contributed by atoms with Crippen molar-refractivity contribution in [3.63, 3.8) is 0 Å². The highest BCUT2D eigenvalue weighted by molar-refractivity contribution is 8.00. The van der Waals surface area contributed by atoms with Crippen molar-refractivity contribution in [3.8, 4) is 0 Å². The van der Waals surface area contributed by atoms with Crippen LogP contribution in [0.1, 0.15) is 37.7 Å². The zero-order valence-corrected chi connectivity index (χ0v) is 16.5. The van der Waals surface area contributed by atoms with Gasteiger partial charge in [0.25, 0.3) is 0 Å². The second-order valence-electron chi connectivity index (χ2n) is 5.93. The highest BCUT2D eigenvalue weighted by Gasteiger charge is 2.22. The lowest BCUT2D eigenvalue weighted by Crippen LogP contribution is -2.10. The van der Waals surface area contributed by atoms with E-state index in [-0.39, 0.29) is 15.5 Å². The van der Waals surface area contributed by atoms with Gasteiger partial charge in [-0.15, -0.1) is 0 Å². The summed E-state index contributed by atoms with van der Waals surface area (Å²) in [7, 11) is 0. The summed E-state index contributed by atoms with van der Waals surface area (Å²) < 4.78 is 5.92. The number of benzene rings is 1. The third-order valence-electron chi connectivity index (χ3n) is 4.00. The molecule has 2 nitrogen and oxygen atoms in total. The van der Waals surface area contributed by atoms with E-state index in [1.165, 1.54) is 36.6 Å². The van der Waals surface area contributed by atoms with Crippen LogP contribution >= 0.6 is 46.7 Å². The van der Waals surface area contributed by atoms with E-state index < -0.39 is 0 Å². The zero-order chi connectivity index (χ0) is 17.1. The van der Waals surface area contributed by atoms with Crippen molar-refractivity contribution < 1.29 is 4.42 Å². The SMILES string of the molecule is Cc1ccc(Sc2oc(SC3CCCCC3)c(Cl)c(=O)c2Cl)cc1. The van der Waals surface area contributed by atoms with Crippen LogP contribution in [0.25, 0.3) is 0 Å². The maximum atomic E-state index is 12.3. The highest BCUT2D eigenvalue weighted by Crippen LogP contribution is 2.40. The van der Waals surface area contributed by atoms with Gasteiger partial charge in [0.2, 0.25) is 5.43 Å². The molecular formula is C18H18Cl2O2S2. The summed E-state index contributed by atoms with van der Waals surface area (Å²) in [6.07, 6.45) is 5.99. The molecule has 1 aliphatic carbocycles. The standard InChI is InChI=1S/C18H18Cl2O2S2/c1-11-7-9-13(10-8-11)24-18-15(20)16(21)14(19)17(22-18)23-12-5-3-2-4-6-12/h7-10,12H,2-6H2,1H3. The molecule has 0 spiro atoms. The van der Waals surface area contributed by atoms with Crippen LogP contribution in [0.3, 0.4) is 0 Å². The first-order valence-electron chi connectivity index (χ1n) is 7.98. The first-order valence-corrected chi connectivity index (χ1v) is 10.4. The molecule has 1 aliphatic rings. The second-order valence-corrected chi connectivity index (χ2v) is 9.00. The van der Waals surface area contributed by atoms with Gasteiger partial charge in [-0.3, -0.25) is 4.79 Å². The van der Waals surface area contributed by atoms with Crippen LogP contribution in [-0.2, 0) is 0 Å². The Bertz CT molecular complexity index is 766. The van der Waals surface area contributed by atoms with E-state index in [4.69, 9.17) is 27.6 Å². The molecule has 0 radical (unpaired) electrons. The lowest BCUT2D eigenvalue weighted by molar-refractivity contribution is 0.371. The molecule has 24 heavy (non-hydrogen) atoms. The summed E-state index contributed by atoms with van der Waals surface area (Å²) in [6.45, 7) is 2.03. The van der Waals surface area contributed by atoms with Gasteiger partial charge in [0.05, 0.1) is 0 Å². The van der Waals surface area contributed by atoms with Crippen molar-refractivity contribution in [1.29, 1.82) is 0 Å². The number of rotatable bonds is 4. The van der Waals surface area contributed by atoms with Crippen LogP contribution in [0.15, 0.2) is 48.6 Å². The monoisotopic (exact) mass is 400 g/mol. The molecule has 0 N–H and O–H groups in total. The van der Waals surface area contributed by atoms with Gasteiger partial charge in [0.1, 0.15) is 10.0 Å². The fourth-order valence-electron chi connectivity index (χ4n) is 2.64. The topological polar surface area (TPSA) is 30.2 Å². The molecule has 128 valence electrons. The third-order valence-corrected chi connectivity index (χ3v) is 7.20. The van der Waals surface area contributed by atoms with E-state index in [9.17, 15) is 4.79 Å². The molecule has 2 aromatic rings. The molecule has 1 aromatic heterocycles.